The Morgan fingerprint density at radius 2 is 1.76 bits per heavy atom. The summed E-state index contributed by atoms with van der Waals surface area (Å²) in [5, 5.41) is 7.61. The molecule has 1 N–H and O–H groups in total. The molecule has 2 fully saturated rings. The molecule has 0 bridgehead atoms. The maximum Gasteiger partial charge on any atom is 0.227 e. The minimum absolute atomic E-state index is 0. The molecular formula is C21H28ClN5O2. The fourth-order valence-corrected chi connectivity index (χ4v) is 4.21. The highest BCUT2D eigenvalue weighted by atomic mass is 35.5. The van der Waals surface area contributed by atoms with Gasteiger partial charge < -0.3 is 15.1 Å². The van der Waals surface area contributed by atoms with Gasteiger partial charge in [0, 0.05) is 58.4 Å². The largest absolute Gasteiger partial charge is 0.339 e. The number of halogens is 1. The molecule has 8 heteroatoms. The molecule has 1 aromatic heterocycles. The van der Waals surface area contributed by atoms with Gasteiger partial charge in [-0.2, -0.15) is 5.10 Å². The molecular weight excluding hydrogens is 390 g/mol. The van der Waals surface area contributed by atoms with Crippen LogP contribution in [-0.4, -0.2) is 70.7 Å². The number of carbonyl (C=O) groups excluding carboxylic acids is 2. The molecule has 2 saturated heterocycles. The number of piperazine rings is 1. The van der Waals surface area contributed by atoms with Crippen LogP contribution in [0.2, 0.25) is 0 Å². The lowest BCUT2D eigenvalue weighted by Crippen LogP contribution is -2.52. The first-order valence-electron chi connectivity index (χ1n) is 9.91. The second-order valence-electron chi connectivity index (χ2n) is 7.69. The quantitative estimate of drug-likeness (QED) is 0.807. The predicted octanol–water partition coefficient (Wildman–Crippen LogP) is 1.06. The highest BCUT2D eigenvalue weighted by molar-refractivity contribution is 5.85. The molecule has 2 amide bonds. The topological polar surface area (TPSA) is 70.5 Å². The highest BCUT2D eigenvalue weighted by Crippen LogP contribution is 2.29. The van der Waals surface area contributed by atoms with Crippen molar-refractivity contribution in [2.24, 2.45) is 13.0 Å². The zero-order valence-corrected chi connectivity index (χ0v) is 17.5. The number of hydrogen-bond donors (Lipinski definition) is 1. The van der Waals surface area contributed by atoms with Crippen LogP contribution in [0.4, 0.5) is 0 Å². The fourth-order valence-electron chi connectivity index (χ4n) is 4.21. The Kier molecular flexibility index (Phi) is 6.92. The zero-order valence-electron chi connectivity index (χ0n) is 16.7. The van der Waals surface area contributed by atoms with Gasteiger partial charge >= 0.3 is 0 Å². The SMILES string of the molecule is Cl.Cn1cc([C@H]2CNC[C@@H]2C(=O)N2CCN(C(=O)Cc3ccccc3)CC2)cn1. The van der Waals surface area contributed by atoms with Crippen LogP contribution in [0.1, 0.15) is 17.0 Å². The van der Waals surface area contributed by atoms with E-state index >= 15 is 0 Å². The number of nitrogens with zero attached hydrogens (tertiary/aromatic N) is 4. The Morgan fingerprint density at radius 3 is 2.41 bits per heavy atom. The number of aryl methyl sites for hydroxylation is 1. The van der Waals surface area contributed by atoms with Gasteiger partial charge in [0.25, 0.3) is 0 Å². The Hall–Kier alpha value is -2.38. The Labute approximate surface area is 177 Å². The van der Waals surface area contributed by atoms with E-state index < -0.39 is 0 Å². The van der Waals surface area contributed by atoms with Crippen LogP contribution in [0.5, 0.6) is 0 Å². The summed E-state index contributed by atoms with van der Waals surface area (Å²) < 4.78 is 1.78. The van der Waals surface area contributed by atoms with Crippen molar-refractivity contribution in [3.8, 4) is 0 Å². The minimum Gasteiger partial charge on any atom is -0.339 e. The summed E-state index contributed by atoms with van der Waals surface area (Å²) in [5.74, 6) is 0.429. The van der Waals surface area contributed by atoms with Crippen molar-refractivity contribution in [2.45, 2.75) is 12.3 Å². The molecule has 2 aliphatic rings. The Balaban J connectivity index is 0.00000240. The van der Waals surface area contributed by atoms with Crippen molar-refractivity contribution < 1.29 is 9.59 Å². The van der Waals surface area contributed by atoms with Gasteiger partial charge in [-0.1, -0.05) is 30.3 Å². The van der Waals surface area contributed by atoms with Crippen molar-refractivity contribution in [1.29, 1.82) is 0 Å². The van der Waals surface area contributed by atoms with Gasteiger partial charge in [0.1, 0.15) is 0 Å². The standard InChI is InChI=1S/C21H27N5O2.ClH/c1-24-15-17(12-23-24)18-13-22-14-19(18)21(28)26-9-7-25(8-10-26)20(27)11-16-5-3-2-4-6-16;/h2-6,12,15,18-19,22H,7-11,13-14H2,1H3;1H/t18-,19+;/m1./s1. The molecule has 0 radical (unpaired) electrons. The molecule has 7 nitrogen and oxygen atoms in total. The van der Waals surface area contributed by atoms with Crippen LogP contribution in [0.25, 0.3) is 0 Å². The summed E-state index contributed by atoms with van der Waals surface area (Å²) in [4.78, 5) is 29.5. The van der Waals surface area contributed by atoms with E-state index in [1.165, 1.54) is 0 Å². The summed E-state index contributed by atoms with van der Waals surface area (Å²) >= 11 is 0. The third-order valence-electron chi connectivity index (χ3n) is 5.83. The van der Waals surface area contributed by atoms with Gasteiger partial charge in [0.2, 0.25) is 11.8 Å². The van der Waals surface area contributed by atoms with Crippen LogP contribution >= 0.6 is 12.4 Å². The summed E-state index contributed by atoms with van der Waals surface area (Å²) in [5.41, 5.74) is 2.14. The molecule has 2 aliphatic heterocycles. The van der Waals surface area contributed by atoms with Crippen LogP contribution in [-0.2, 0) is 23.1 Å². The molecule has 29 heavy (non-hydrogen) atoms. The van der Waals surface area contributed by atoms with Crippen molar-refractivity contribution in [2.75, 3.05) is 39.3 Å². The van der Waals surface area contributed by atoms with Gasteiger partial charge in [-0.25, -0.2) is 0 Å². The molecule has 0 saturated carbocycles. The van der Waals surface area contributed by atoms with E-state index in [1.54, 1.807) is 4.68 Å². The number of hydrogen-bond acceptors (Lipinski definition) is 4. The number of benzene rings is 1. The van der Waals surface area contributed by atoms with Crippen LogP contribution < -0.4 is 5.32 Å². The van der Waals surface area contributed by atoms with E-state index in [4.69, 9.17) is 0 Å². The molecule has 0 spiro atoms. The normalized spacial score (nSPS) is 21.7. The smallest absolute Gasteiger partial charge is 0.227 e. The van der Waals surface area contributed by atoms with Crippen LogP contribution in [0, 0.1) is 5.92 Å². The number of rotatable bonds is 4. The van der Waals surface area contributed by atoms with Crippen molar-refractivity contribution in [3.63, 3.8) is 0 Å². The third-order valence-corrected chi connectivity index (χ3v) is 5.83. The van der Waals surface area contributed by atoms with Crippen molar-refractivity contribution in [3.05, 3.63) is 53.9 Å². The number of nitrogens with one attached hydrogen (secondary N) is 1. The highest BCUT2D eigenvalue weighted by Gasteiger charge is 2.38. The van der Waals surface area contributed by atoms with E-state index in [1.807, 2.05) is 59.6 Å². The lowest BCUT2D eigenvalue weighted by Gasteiger charge is -2.36. The van der Waals surface area contributed by atoms with Gasteiger partial charge in [-0.15, -0.1) is 12.4 Å². The van der Waals surface area contributed by atoms with Gasteiger partial charge in [0.15, 0.2) is 0 Å². The summed E-state index contributed by atoms with van der Waals surface area (Å²) in [7, 11) is 1.90. The molecule has 0 aliphatic carbocycles. The first-order valence-corrected chi connectivity index (χ1v) is 9.91. The van der Waals surface area contributed by atoms with Crippen molar-refractivity contribution in [1.82, 2.24) is 24.9 Å². The minimum atomic E-state index is -0.0595. The Morgan fingerprint density at radius 1 is 1.07 bits per heavy atom. The molecule has 2 atom stereocenters. The van der Waals surface area contributed by atoms with E-state index in [9.17, 15) is 9.59 Å². The van der Waals surface area contributed by atoms with E-state index in [0.717, 1.165) is 17.7 Å². The second kappa shape index (κ2) is 9.41. The van der Waals surface area contributed by atoms with Crippen molar-refractivity contribution >= 4 is 24.2 Å². The van der Waals surface area contributed by atoms with Gasteiger partial charge in [0.05, 0.1) is 18.5 Å². The summed E-state index contributed by atoms with van der Waals surface area (Å²) in [6, 6.07) is 9.81. The van der Waals surface area contributed by atoms with Crippen LogP contribution in [0.15, 0.2) is 42.7 Å². The Bertz CT molecular complexity index is 833. The van der Waals surface area contributed by atoms with Gasteiger partial charge in [-0.05, 0) is 11.1 Å². The summed E-state index contributed by atoms with van der Waals surface area (Å²) in [6.45, 7) is 3.93. The summed E-state index contributed by atoms with van der Waals surface area (Å²) in [6.07, 6.45) is 4.28. The number of amides is 2. The van der Waals surface area contributed by atoms with Gasteiger partial charge in [-0.3, -0.25) is 14.3 Å². The average molecular weight is 418 g/mol. The number of carbonyl (C=O) groups is 2. The van der Waals surface area contributed by atoms with E-state index in [2.05, 4.69) is 10.4 Å². The first kappa shape index (κ1) is 21.3. The lowest BCUT2D eigenvalue weighted by molar-refractivity contribution is -0.141. The lowest BCUT2D eigenvalue weighted by atomic mass is 9.89. The molecule has 4 rings (SSSR count). The van der Waals surface area contributed by atoms with E-state index in [-0.39, 0.29) is 36.1 Å². The molecule has 1 aromatic carbocycles. The molecule has 0 unspecified atom stereocenters. The molecule has 2 aromatic rings. The molecule has 3 heterocycles. The predicted molar refractivity (Wildman–Crippen MR) is 113 cm³/mol. The monoisotopic (exact) mass is 417 g/mol. The second-order valence-corrected chi connectivity index (χ2v) is 7.69. The number of aromatic nitrogens is 2. The fraction of sp³-hybridized carbons (Fsp3) is 0.476. The third kappa shape index (κ3) is 4.79. The first-order chi connectivity index (χ1) is 13.6. The maximum atomic E-state index is 13.1. The maximum absolute atomic E-state index is 13.1. The molecule has 156 valence electrons. The average Bonchev–Trinajstić information content (AvgIpc) is 3.37. The zero-order chi connectivity index (χ0) is 19.5. The van der Waals surface area contributed by atoms with E-state index in [0.29, 0.717) is 39.1 Å². The van der Waals surface area contributed by atoms with Crippen LogP contribution in [0.3, 0.4) is 0 Å².